The summed E-state index contributed by atoms with van der Waals surface area (Å²) >= 11 is 1.69. The highest BCUT2D eigenvalue weighted by Crippen LogP contribution is 2.26. The number of nitrogens with one attached hydrogen (secondary N) is 1. The van der Waals surface area contributed by atoms with Crippen LogP contribution in [0.5, 0.6) is 0 Å². The smallest absolute Gasteiger partial charge is 0.237 e. The molecule has 1 N–H and O–H groups in total. The standard InChI is InChI=1S/C17H23NO2S/c1-12(21-11-16-6-3-9-20-16)17(19)18-15-8-7-13-4-2-5-14(13)10-15/h7-8,10,12,16H,2-6,9,11H2,1H3,(H,18,19)/t12-,16-/m1/s1. The van der Waals surface area contributed by atoms with Gasteiger partial charge >= 0.3 is 0 Å². The van der Waals surface area contributed by atoms with Gasteiger partial charge in [0.05, 0.1) is 11.4 Å². The first-order chi connectivity index (χ1) is 10.2. The number of amides is 1. The van der Waals surface area contributed by atoms with Crippen LogP contribution < -0.4 is 5.32 Å². The molecular formula is C17H23NO2S. The van der Waals surface area contributed by atoms with Crippen molar-refractivity contribution in [1.29, 1.82) is 0 Å². The monoisotopic (exact) mass is 305 g/mol. The Labute approximate surface area is 130 Å². The van der Waals surface area contributed by atoms with Gasteiger partial charge in [-0.1, -0.05) is 6.07 Å². The molecule has 1 saturated heterocycles. The first kappa shape index (κ1) is 14.9. The van der Waals surface area contributed by atoms with Gasteiger partial charge in [-0.15, -0.1) is 11.8 Å². The van der Waals surface area contributed by atoms with E-state index in [1.807, 2.05) is 13.0 Å². The molecule has 1 aliphatic carbocycles. The summed E-state index contributed by atoms with van der Waals surface area (Å²) in [6.45, 7) is 2.85. The van der Waals surface area contributed by atoms with Crippen molar-refractivity contribution in [1.82, 2.24) is 0 Å². The van der Waals surface area contributed by atoms with Gasteiger partial charge in [0.25, 0.3) is 0 Å². The Morgan fingerprint density at radius 1 is 1.38 bits per heavy atom. The van der Waals surface area contributed by atoms with Crippen LogP contribution in [-0.2, 0) is 22.4 Å². The Balaban J connectivity index is 1.50. The van der Waals surface area contributed by atoms with E-state index in [0.29, 0.717) is 6.10 Å². The number of aryl methyl sites for hydroxylation is 2. The van der Waals surface area contributed by atoms with Gasteiger partial charge in [0.2, 0.25) is 5.91 Å². The van der Waals surface area contributed by atoms with Crippen molar-refractivity contribution < 1.29 is 9.53 Å². The second kappa shape index (κ2) is 6.84. The van der Waals surface area contributed by atoms with E-state index in [1.165, 1.54) is 24.0 Å². The number of hydrogen-bond acceptors (Lipinski definition) is 3. The van der Waals surface area contributed by atoms with Crippen molar-refractivity contribution in [3.8, 4) is 0 Å². The van der Waals surface area contributed by atoms with Crippen molar-refractivity contribution in [2.45, 2.75) is 50.4 Å². The van der Waals surface area contributed by atoms with Crippen molar-refractivity contribution in [3.05, 3.63) is 29.3 Å². The van der Waals surface area contributed by atoms with Crippen LogP contribution in [0.3, 0.4) is 0 Å². The van der Waals surface area contributed by atoms with Gasteiger partial charge in [0, 0.05) is 18.0 Å². The van der Waals surface area contributed by atoms with Crippen molar-refractivity contribution in [3.63, 3.8) is 0 Å². The van der Waals surface area contributed by atoms with Gasteiger partial charge in [0.15, 0.2) is 0 Å². The molecule has 21 heavy (non-hydrogen) atoms. The minimum absolute atomic E-state index is 0.0394. The third-order valence-electron chi connectivity index (χ3n) is 4.29. The predicted octanol–water partition coefficient (Wildman–Crippen LogP) is 3.41. The molecule has 3 nitrogen and oxygen atoms in total. The molecule has 1 amide bonds. The second-order valence-corrected chi connectivity index (χ2v) is 7.31. The summed E-state index contributed by atoms with van der Waals surface area (Å²) in [7, 11) is 0. The van der Waals surface area contributed by atoms with Crippen LogP contribution in [0.25, 0.3) is 0 Å². The van der Waals surface area contributed by atoms with E-state index in [1.54, 1.807) is 11.8 Å². The number of benzene rings is 1. The van der Waals surface area contributed by atoms with Gasteiger partial charge < -0.3 is 10.1 Å². The van der Waals surface area contributed by atoms with E-state index in [4.69, 9.17) is 4.74 Å². The fourth-order valence-corrected chi connectivity index (χ4v) is 3.97. The van der Waals surface area contributed by atoms with Crippen LogP contribution >= 0.6 is 11.8 Å². The maximum absolute atomic E-state index is 12.2. The van der Waals surface area contributed by atoms with Crippen LogP contribution in [0.2, 0.25) is 0 Å². The predicted molar refractivity (Wildman–Crippen MR) is 88.0 cm³/mol. The molecule has 0 aromatic heterocycles. The Morgan fingerprint density at radius 3 is 3.05 bits per heavy atom. The van der Waals surface area contributed by atoms with Crippen LogP contribution in [0.4, 0.5) is 5.69 Å². The Kier molecular flexibility index (Phi) is 4.86. The van der Waals surface area contributed by atoms with Gasteiger partial charge in [-0.3, -0.25) is 4.79 Å². The molecule has 4 heteroatoms. The summed E-state index contributed by atoms with van der Waals surface area (Å²) < 4.78 is 5.60. The molecule has 1 fully saturated rings. The lowest BCUT2D eigenvalue weighted by molar-refractivity contribution is -0.115. The zero-order chi connectivity index (χ0) is 14.7. The van der Waals surface area contributed by atoms with E-state index >= 15 is 0 Å². The fourth-order valence-electron chi connectivity index (χ4n) is 3.00. The van der Waals surface area contributed by atoms with Crippen LogP contribution in [-0.4, -0.2) is 29.6 Å². The van der Waals surface area contributed by atoms with E-state index in [0.717, 1.165) is 37.3 Å². The lowest BCUT2D eigenvalue weighted by Crippen LogP contribution is -2.24. The highest BCUT2D eigenvalue weighted by molar-refractivity contribution is 8.00. The summed E-state index contributed by atoms with van der Waals surface area (Å²) in [5.41, 5.74) is 3.77. The Hall–Kier alpha value is -1.00. The quantitative estimate of drug-likeness (QED) is 0.906. The minimum atomic E-state index is -0.0394. The Morgan fingerprint density at radius 2 is 2.24 bits per heavy atom. The number of carbonyl (C=O) groups excluding carboxylic acids is 1. The number of rotatable bonds is 5. The number of hydrogen-bond donors (Lipinski definition) is 1. The molecule has 114 valence electrons. The van der Waals surface area contributed by atoms with E-state index in [-0.39, 0.29) is 11.2 Å². The number of carbonyl (C=O) groups is 1. The first-order valence-corrected chi connectivity index (χ1v) is 8.93. The van der Waals surface area contributed by atoms with Crippen molar-refractivity contribution in [2.24, 2.45) is 0 Å². The lowest BCUT2D eigenvalue weighted by Gasteiger charge is -2.15. The molecule has 1 aromatic rings. The van der Waals surface area contributed by atoms with Crippen molar-refractivity contribution in [2.75, 3.05) is 17.7 Å². The molecular weight excluding hydrogens is 282 g/mol. The molecule has 3 rings (SSSR count). The second-order valence-electron chi connectivity index (χ2n) is 5.94. The van der Waals surface area contributed by atoms with Gasteiger partial charge in [-0.2, -0.15) is 0 Å². The molecule has 1 aliphatic heterocycles. The van der Waals surface area contributed by atoms with Crippen LogP contribution in [0.15, 0.2) is 18.2 Å². The summed E-state index contributed by atoms with van der Waals surface area (Å²) in [6, 6.07) is 6.32. The van der Waals surface area contributed by atoms with Crippen molar-refractivity contribution >= 4 is 23.4 Å². The summed E-state index contributed by atoms with van der Waals surface area (Å²) in [4.78, 5) is 12.2. The molecule has 2 atom stereocenters. The van der Waals surface area contributed by atoms with Gasteiger partial charge in [0.1, 0.15) is 0 Å². The lowest BCUT2D eigenvalue weighted by atomic mass is 10.1. The summed E-state index contributed by atoms with van der Waals surface area (Å²) in [5.74, 6) is 1.01. The van der Waals surface area contributed by atoms with E-state index in [2.05, 4.69) is 17.4 Å². The number of anilines is 1. The molecule has 0 unspecified atom stereocenters. The molecule has 1 aromatic carbocycles. The number of fused-ring (bicyclic) bond motifs is 1. The normalized spacial score (nSPS) is 22.0. The first-order valence-electron chi connectivity index (χ1n) is 7.88. The molecule has 0 spiro atoms. The molecule has 0 radical (unpaired) electrons. The molecule has 2 aliphatic rings. The van der Waals surface area contributed by atoms with Crippen LogP contribution in [0.1, 0.15) is 37.3 Å². The van der Waals surface area contributed by atoms with Gasteiger partial charge in [-0.05, 0) is 62.3 Å². The van der Waals surface area contributed by atoms with E-state index < -0.39 is 0 Å². The Bertz CT molecular complexity index is 512. The summed E-state index contributed by atoms with van der Waals surface area (Å²) in [6.07, 6.45) is 6.18. The van der Waals surface area contributed by atoms with Crippen LogP contribution in [0, 0.1) is 0 Å². The van der Waals surface area contributed by atoms with Gasteiger partial charge in [-0.25, -0.2) is 0 Å². The third kappa shape index (κ3) is 3.80. The molecule has 1 heterocycles. The third-order valence-corrected chi connectivity index (χ3v) is 5.57. The SMILES string of the molecule is C[C@@H](SC[C@H]1CCCO1)C(=O)Nc1ccc2c(c1)CCC2. The largest absolute Gasteiger partial charge is 0.377 e. The summed E-state index contributed by atoms with van der Waals surface area (Å²) in [5, 5.41) is 3.01. The van der Waals surface area contributed by atoms with E-state index in [9.17, 15) is 4.79 Å². The topological polar surface area (TPSA) is 38.3 Å². The molecule has 0 bridgehead atoms. The zero-order valence-corrected chi connectivity index (χ0v) is 13.4. The zero-order valence-electron chi connectivity index (χ0n) is 12.6. The number of ether oxygens (including phenoxy) is 1. The maximum Gasteiger partial charge on any atom is 0.237 e. The maximum atomic E-state index is 12.2. The minimum Gasteiger partial charge on any atom is -0.377 e. The highest BCUT2D eigenvalue weighted by Gasteiger charge is 2.20. The average Bonchev–Trinajstić information content (AvgIpc) is 3.15. The fraction of sp³-hybridized carbons (Fsp3) is 0.588. The average molecular weight is 305 g/mol. The highest BCUT2D eigenvalue weighted by atomic mass is 32.2. The molecule has 0 saturated carbocycles. The number of thioether (sulfide) groups is 1.